The summed E-state index contributed by atoms with van der Waals surface area (Å²) in [6.07, 6.45) is -0.549. The molecule has 0 aliphatic carbocycles. The number of nitrogens with one attached hydrogen (secondary N) is 2. The number of carbonyl (C=O) groups is 1. The van der Waals surface area contributed by atoms with Gasteiger partial charge in [0, 0.05) is 17.5 Å². The van der Waals surface area contributed by atoms with Crippen molar-refractivity contribution in [2.24, 2.45) is 0 Å². The average molecular weight is 330 g/mol. The fourth-order valence-electron chi connectivity index (χ4n) is 1.66. The van der Waals surface area contributed by atoms with Gasteiger partial charge in [-0.25, -0.2) is 18.1 Å². The topological polar surface area (TPSA) is 67.4 Å². The zero-order chi connectivity index (χ0) is 16.8. The van der Waals surface area contributed by atoms with E-state index in [9.17, 15) is 13.4 Å². The SMILES string of the molecule is CCOC(=O)Nc1ccc(C(C)(F)CNS(=O)C(C)C)cc1. The molecule has 2 N–H and O–H groups in total. The molecule has 1 amide bonds. The summed E-state index contributed by atoms with van der Waals surface area (Å²) in [6, 6.07) is 6.37. The molecule has 1 aromatic carbocycles. The molecule has 2 atom stereocenters. The lowest BCUT2D eigenvalue weighted by atomic mass is 9.98. The van der Waals surface area contributed by atoms with Gasteiger partial charge in [-0.1, -0.05) is 12.1 Å². The maximum Gasteiger partial charge on any atom is 0.411 e. The highest BCUT2D eigenvalue weighted by Crippen LogP contribution is 2.26. The summed E-state index contributed by atoms with van der Waals surface area (Å²) in [7, 11) is -1.27. The Hall–Kier alpha value is -1.47. The van der Waals surface area contributed by atoms with Gasteiger partial charge in [0.25, 0.3) is 0 Å². The van der Waals surface area contributed by atoms with Crippen LogP contribution in [0.2, 0.25) is 0 Å². The van der Waals surface area contributed by atoms with Crippen LogP contribution < -0.4 is 10.0 Å². The van der Waals surface area contributed by atoms with Crippen molar-refractivity contribution < 1.29 is 18.1 Å². The summed E-state index contributed by atoms with van der Waals surface area (Å²) in [5, 5.41) is 2.46. The van der Waals surface area contributed by atoms with Gasteiger partial charge in [0.05, 0.1) is 17.6 Å². The lowest BCUT2D eigenvalue weighted by molar-refractivity contribution is 0.168. The van der Waals surface area contributed by atoms with Gasteiger partial charge in [0.2, 0.25) is 0 Å². The van der Waals surface area contributed by atoms with E-state index in [2.05, 4.69) is 10.0 Å². The van der Waals surface area contributed by atoms with Crippen molar-refractivity contribution in [2.45, 2.75) is 38.6 Å². The molecule has 0 fully saturated rings. The molecule has 0 saturated heterocycles. The molecule has 0 heterocycles. The Kier molecular flexibility index (Phi) is 6.96. The highest BCUT2D eigenvalue weighted by molar-refractivity contribution is 7.83. The number of benzene rings is 1. The van der Waals surface area contributed by atoms with Crippen LogP contribution in [0.5, 0.6) is 0 Å². The summed E-state index contributed by atoms with van der Waals surface area (Å²) in [6.45, 7) is 6.97. The predicted molar refractivity (Wildman–Crippen MR) is 86.8 cm³/mol. The first kappa shape index (κ1) is 18.6. The van der Waals surface area contributed by atoms with Gasteiger partial charge in [0.1, 0.15) is 5.67 Å². The lowest BCUT2D eigenvalue weighted by Gasteiger charge is -2.22. The Labute approximate surface area is 133 Å². The molecular formula is C15H23FN2O3S. The van der Waals surface area contributed by atoms with E-state index < -0.39 is 22.7 Å². The Morgan fingerprint density at radius 3 is 2.45 bits per heavy atom. The van der Waals surface area contributed by atoms with Gasteiger partial charge in [-0.05, 0) is 45.4 Å². The van der Waals surface area contributed by atoms with E-state index in [4.69, 9.17) is 4.74 Å². The van der Waals surface area contributed by atoms with Crippen LogP contribution in [0.25, 0.3) is 0 Å². The third-order valence-electron chi connectivity index (χ3n) is 2.98. The Morgan fingerprint density at radius 2 is 1.95 bits per heavy atom. The molecule has 0 aliphatic rings. The monoisotopic (exact) mass is 330 g/mol. The molecule has 1 rings (SSSR count). The number of rotatable bonds is 7. The number of alkyl halides is 1. The number of ether oxygens (including phenoxy) is 1. The van der Waals surface area contributed by atoms with E-state index in [1.165, 1.54) is 6.92 Å². The molecule has 0 saturated carbocycles. The minimum atomic E-state index is -1.66. The second kappa shape index (κ2) is 8.24. The van der Waals surface area contributed by atoms with Crippen molar-refractivity contribution in [2.75, 3.05) is 18.5 Å². The summed E-state index contributed by atoms with van der Waals surface area (Å²) in [5.41, 5.74) is -0.695. The number of halogens is 1. The Balaban J connectivity index is 2.67. The number of hydrogen-bond donors (Lipinski definition) is 2. The second-order valence-electron chi connectivity index (χ2n) is 5.29. The molecule has 1 aromatic rings. The predicted octanol–water partition coefficient (Wildman–Crippen LogP) is 3.10. The van der Waals surface area contributed by atoms with E-state index in [1.807, 2.05) is 0 Å². The number of amides is 1. The van der Waals surface area contributed by atoms with Crippen LogP contribution >= 0.6 is 0 Å². The normalized spacial score (nSPS) is 15.2. The summed E-state index contributed by atoms with van der Waals surface area (Å²) in [4.78, 5) is 11.3. The van der Waals surface area contributed by atoms with Gasteiger partial charge < -0.3 is 4.74 Å². The van der Waals surface area contributed by atoms with Gasteiger partial charge in [-0.2, -0.15) is 0 Å². The smallest absolute Gasteiger partial charge is 0.411 e. The minimum absolute atomic E-state index is 0.0531. The van der Waals surface area contributed by atoms with Crippen LogP contribution in [0, 0.1) is 0 Å². The first-order valence-corrected chi connectivity index (χ1v) is 8.35. The standard InChI is InChI=1S/C15H23FN2O3S/c1-5-21-14(19)18-13-8-6-12(7-9-13)15(4,16)10-17-22(20)11(2)3/h6-9,11,17H,5,10H2,1-4H3,(H,18,19). The van der Waals surface area contributed by atoms with Crippen LogP contribution in [0.3, 0.4) is 0 Å². The molecule has 0 bridgehead atoms. The van der Waals surface area contributed by atoms with E-state index in [0.29, 0.717) is 11.3 Å². The molecule has 5 nitrogen and oxygen atoms in total. The largest absolute Gasteiger partial charge is 0.450 e. The average Bonchev–Trinajstić information content (AvgIpc) is 2.45. The fourth-order valence-corrected chi connectivity index (χ4v) is 2.41. The van der Waals surface area contributed by atoms with Gasteiger partial charge in [-0.3, -0.25) is 5.32 Å². The van der Waals surface area contributed by atoms with Crippen molar-refractivity contribution in [1.29, 1.82) is 0 Å². The first-order valence-electron chi connectivity index (χ1n) is 7.13. The molecule has 0 aromatic heterocycles. The van der Waals surface area contributed by atoms with Crippen LogP contribution in [0.4, 0.5) is 14.9 Å². The van der Waals surface area contributed by atoms with Crippen molar-refractivity contribution in [1.82, 2.24) is 4.72 Å². The molecule has 0 radical (unpaired) electrons. The molecule has 124 valence electrons. The number of hydrogen-bond acceptors (Lipinski definition) is 3. The van der Waals surface area contributed by atoms with Crippen LogP contribution in [-0.4, -0.2) is 28.7 Å². The minimum Gasteiger partial charge on any atom is -0.450 e. The molecule has 0 aliphatic heterocycles. The van der Waals surface area contributed by atoms with Crippen molar-refractivity contribution in [3.05, 3.63) is 29.8 Å². The third-order valence-corrected chi connectivity index (χ3v) is 4.27. The second-order valence-corrected chi connectivity index (χ2v) is 7.11. The van der Waals surface area contributed by atoms with E-state index >= 15 is 0 Å². The lowest BCUT2D eigenvalue weighted by Crippen LogP contribution is -2.35. The highest BCUT2D eigenvalue weighted by atomic mass is 32.2. The summed E-state index contributed by atoms with van der Waals surface area (Å²) in [5.74, 6) is 0. The van der Waals surface area contributed by atoms with Crippen molar-refractivity contribution in [3.63, 3.8) is 0 Å². The molecule has 22 heavy (non-hydrogen) atoms. The zero-order valence-corrected chi connectivity index (χ0v) is 14.1. The summed E-state index contributed by atoms with van der Waals surface area (Å²) >= 11 is 0. The maximum atomic E-state index is 14.7. The van der Waals surface area contributed by atoms with Crippen LogP contribution in [0.15, 0.2) is 24.3 Å². The summed E-state index contributed by atoms with van der Waals surface area (Å²) < 4.78 is 33.7. The van der Waals surface area contributed by atoms with E-state index in [0.717, 1.165) is 0 Å². The fraction of sp³-hybridized carbons (Fsp3) is 0.533. The molecule has 0 spiro atoms. The first-order chi connectivity index (χ1) is 10.3. The maximum absolute atomic E-state index is 14.7. The van der Waals surface area contributed by atoms with Crippen molar-refractivity contribution >= 4 is 22.8 Å². The Bertz CT molecular complexity index is 518. The zero-order valence-electron chi connectivity index (χ0n) is 13.3. The molecule has 7 heteroatoms. The Morgan fingerprint density at radius 1 is 1.36 bits per heavy atom. The van der Waals surface area contributed by atoms with Gasteiger partial charge >= 0.3 is 6.09 Å². The quantitative estimate of drug-likeness (QED) is 0.807. The third kappa shape index (κ3) is 5.73. The molecule has 2 unspecified atom stereocenters. The van der Waals surface area contributed by atoms with Gasteiger partial charge in [0.15, 0.2) is 0 Å². The van der Waals surface area contributed by atoms with E-state index in [-0.39, 0.29) is 18.4 Å². The van der Waals surface area contributed by atoms with E-state index in [1.54, 1.807) is 45.0 Å². The number of anilines is 1. The van der Waals surface area contributed by atoms with Crippen molar-refractivity contribution in [3.8, 4) is 0 Å². The molecular weight excluding hydrogens is 307 g/mol. The van der Waals surface area contributed by atoms with Crippen LogP contribution in [0.1, 0.15) is 33.3 Å². The number of carbonyl (C=O) groups excluding carboxylic acids is 1. The highest BCUT2D eigenvalue weighted by Gasteiger charge is 2.26. The van der Waals surface area contributed by atoms with Gasteiger partial charge in [-0.15, -0.1) is 0 Å². The van der Waals surface area contributed by atoms with Crippen LogP contribution in [-0.2, 0) is 21.4 Å².